The predicted molar refractivity (Wildman–Crippen MR) is 63.1 cm³/mol. The van der Waals surface area contributed by atoms with Gasteiger partial charge in [-0.3, -0.25) is 0 Å². The Kier molecular flexibility index (Phi) is 2.96. The van der Waals surface area contributed by atoms with Crippen molar-refractivity contribution in [1.82, 2.24) is 4.98 Å². The molecule has 1 aromatic heterocycles. The Morgan fingerprint density at radius 2 is 2.14 bits per heavy atom. The van der Waals surface area contributed by atoms with Gasteiger partial charge in [-0.25, -0.2) is 4.98 Å². The van der Waals surface area contributed by atoms with E-state index in [0.717, 1.165) is 20.7 Å². The Bertz CT molecular complexity index is 439. The van der Waals surface area contributed by atoms with E-state index >= 15 is 0 Å². The molecule has 2 aromatic rings. The van der Waals surface area contributed by atoms with Crippen LogP contribution in [0.5, 0.6) is 0 Å². The van der Waals surface area contributed by atoms with Gasteiger partial charge in [0, 0.05) is 22.0 Å². The molecule has 0 atom stereocenters. The molecule has 2 N–H and O–H groups in total. The summed E-state index contributed by atoms with van der Waals surface area (Å²) in [6.07, 6.45) is 0. The van der Waals surface area contributed by atoms with E-state index in [9.17, 15) is 0 Å². The van der Waals surface area contributed by atoms with Crippen LogP contribution in [0.3, 0.4) is 0 Å². The minimum atomic E-state index is 0.509. The van der Waals surface area contributed by atoms with Crippen LogP contribution in [0.1, 0.15) is 5.01 Å². The zero-order valence-electron chi connectivity index (χ0n) is 7.40. The molecule has 2 rings (SSSR count). The molecular formula is C10H9BrN2S. The van der Waals surface area contributed by atoms with Crippen molar-refractivity contribution in [2.45, 2.75) is 6.54 Å². The van der Waals surface area contributed by atoms with E-state index in [1.54, 1.807) is 11.3 Å². The van der Waals surface area contributed by atoms with Crippen molar-refractivity contribution in [3.8, 4) is 11.3 Å². The van der Waals surface area contributed by atoms with Gasteiger partial charge in [0.1, 0.15) is 5.01 Å². The van der Waals surface area contributed by atoms with Crippen molar-refractivity contribution >= 4 is 27.3 Å². The molecule has 1 aromatic carbocycles. The zero-order valence-corrected chi connectivity index (χ0v) is 9.81. The van der Waals surface area contributed by atoms with Crippen molar-refractivity contribution in [2.75, 3.05) is 0 Å². The van der Waals surface area contributed by atoms with Crippen LogP contribution in [-0.2, 0) is 6.54 Å². The fraction of sp³-hybridized carbons (Fsp3) is 0.100. The summed E-state index contributed by atoms with van der Waals surface area (Å²) in [5.41, 5.74) is 7.62. The molecule has 0 aliphatic carbocycles. The third-order valence-electron chi connectivity index (χ3n) is 1.88. The van der Waals surface area contributed by atoms with Gasteiger partial charge in [0.25, 0.3) is 0 Å². The molecular weight excluding hydrogens is 260 g/mol. The van der Waals surface area contributed by atoms with E-state index < -0.39 is 0 Å². The molecule has 0 radical (unpaired) electrons. The minimum Gasteiger partial charge on any atom is -0.325 e. The van der Waals surface area contributed by atoms with Crippen LogP contribution in [0, 0.1) is 0 Å². The lowest BCUT2D eigenvalue weighted by molar-refractivity contribution is 1.04. The van der Waals surface area contributed by atoms with Crippen LogP contribution in [-0.4, -0.2) is 4.98 Å². The van der Waals surface area contributed by atoms with Crippen molar-refractivity contribution in [2.24, 2.45) is 5.73 Å². The lowest BCUT2D eigenvalue weighted by Crippen LogP contribution is -1.94. The van der Waals surface area contributed by atoms with E-state index in [0.29, 0.717) is 6.54 Å². The summed E-state index contributed by atoms with van der Waals surface area (Å²) in [7, 11) is 0. The van der Waals surface area contributed by atoms with Crippen molar-refractivity contribution in [3.05, 3.63) is 39.1 Å². The predicted octanol–water partition coefficient (Wildman–Crippen LogP) is 3.03. The summed E-state index contributed by atoms with van der Waals surface area (Å²) in [6, 6.07) is 8.04. The highest BCUT2D eigenvalue weighted by molar-refractivity contribution is 9.10. The molecule has 0 saturated carbocycles. The molecule has 2 nitrogen and oxygen atoms in total. The SMILES string of the molecule is NCc1nc(-c2ccccc2Br)cs1. The molecule has 0 bridgehead atoms. The van der Waals surface area contributed by atoms with Gasteiger partial charge >= 0.3 is 0 Å². The number of rotatable bonds is 2. The normalized spacial score (nSPS) is 10.4. The standard InChI is InChI=1S/C10H9BrN2S/c11-8-4-2-1-3-7(8)9-6-14-10(5-12)13-9/h1-4,6H,5,12H2. The van der Waals surface area contributed by atoms with Crippen LogP contribution in [0.15, 0.2) is 34.1 Å². The zero-order chi connectivity index (χ0) is 9.97. The van der Waals surface area contributed by atoms with E-state index in [1.165, 1.54) is 0 Å². The van der Waals surface area contributed by atoms with E-state index in [4.69, 9.17) is 5.73 Å². The number of thiazole rings is 1. The summed E-state index contributed by atoms with van der Waals surface area (Å²) >= 11 is 5.09. The molecule has 0 aliphatic heterocycles. The topological polar surface area (TPSA) is 38.9 Å². The Morgan fingerprint density at radius 1 is 1.36 bits per heavy atom. The van der Waals surface area contributed by atoms with Gasteiger partial charge in [-0.15, -0.1) is 11.3 Å². The second kappa shape index (κ2) is 4.21. The van der Waals surface area contributed by atoms with Gasteiger partial charge in [-0.2, -0.15) is 0 Å². The molecule has 72 valence electrons. The summed E-state index contributed by atoms with van der Waals surface area (Å²) < 4.78 is 1.06. The monoisotopic (exact) mass is 268 g/mol. The summed E-state index contributed by atoms with van der Waals surface area (Å²) in [5.74, 6) is 0. The molecule has 1 heterocycles. The number of halogens is 1. The molecule has 0 spiro atoms. The first-order valence-electron chi connectivity index (χ1n) is 4.20. The average Bonchev–Trinajstić information content (AvgIpc) is 2.67. The Hall–Kier alpha value is -0.710. The first kappa shape index (κ1) is 9.83. The van der Waals surface area contributed by atoms with Gasteiger partial charge in [-0.05, 0) is 6.07 Å². The summed E-state index contributed by atoms with van der Waals surface area (Å²) in [4.78, 5) is 4.42. The highest BCUT2D eigenvalue weighted by Gasteiger charge is 2.05. The summed E-state index contributed by atoms with van der Waals surface area (Å²) in [6.45, 7) is 0.509. The van der Waals surface area contributed by atoms with E-state index in [2.05, 4.69) is 20.9 Å². The Morgan fingerprint density at radius 3 is 2.79 bits per heavy atom. The smallest absolute Gasteiger partial charge is 0.107 e. The van der Waals surface area contributed by atoms with Crippen molar-refractivity contribution in [3.63, 3.8) is 0 Å². The second-order valence-corrected chi connectivity index (χ2v) is 4.61. The van der Waals surface area contributed by atoms with Crippen LogP contribution in [0.4, 0.5) is 0 Å². The van der Waals surface area contributed by atoms with E-state index in [-0.39, 0.29) is 0 Å². The molecule has 0 aliphatic rings. The lowest BCUT2D eigenvalue weighted by atomic mass is 10.2. The minimum absolute atomic E-state index is 0.509. The molecule has 14 heavy (non-hydrogen) atoms. The van der Waals surface area contributed by atoms with E-state index in [1.807, 2.05) is 29.6 Å². The van der Waals surface area contributed by atoms with Crippen LogP contribution in [0.2, 0.25) is 0 Å². The quantitative estimate of drug-likeness (QED) is 0.910. The Labute approximate surface area is 94.9 Å². The van der Waals surface area contributed by atoms with Crippen molar-refractivity contribution in [1.29, 1.82) is 0 Å². The fourth-order valence-corrected chi connectivity index (χ4v) is 2.36. The molecule has 4 heteroatoms. The maximum atomic E-state index is 5.52. The van der Waals surface area contributed by atoms with Crippen LogP contribution in [0.25, 0.3) is 11.3 Å². The molecule has 0 unspecified atom stereocenters. The van der Waals surface area contributed by atoms with Crippen LogP contribution >= 0.6 is 27.3 Å². The number of benzene rings is 1. The fourth-order valence-electron chi connectivity index (χ4n) is 1.20. The number of nitrogens with zero attached hydrogens (tertiary/aromatic N) is 1. The lowest BCUT2D eigenvalue weighted by Gasteiger charge is -1.98. The first-order chi connectivity index (χ1) is 6.81. The third kappa shape index (κ3) is 1.87. The number of hydrogen-bond donors (Lipinski definition) is 1. The highest BCUT2D eigenvalue weighted by atomic mass is 79.9. The number of hydrogen-bond acceptors (Lipinski definition) is 3. The second-order valence-electron chi connectivity index (χ2n) is 2.81. The van der Waals surface area contributed by atoms with Crippen LogP contribution < -0.4 is 5.73 Å². The molecule has 0 amide bonds. The molecule has 0 fully saturated rings. The van der Waals surface area contributed by atoms with Gasteiger partial charge in [-0.1, -0.05) is 34.1 Å². The highest BCUT2D eigenvalue weighted by Crippen LogP contribution is 2.28. The van der Waals surface area contributed by atoms with Gasteiger partial charge < -0.3 is 5.73 Å². The average molecular weight is 269 g/mol. The van der Waals surface area contributed by atoms with Gasteiger partial charge in [0.15, 0.2) is 0 Å². The van der Waals surface area contributed by atoms with Gasteiger partial charge in [0.2, 0.25) is 0 Å². The maximum Gasteiger partial charge on any atom is 0.107 e. The van der Waals surface area contributed by atoms with Gasteiger partial charge in [0.05, 0.1) is 5.69 Å². The first-order valence-corrected chi connectivity index (χ1v) is 5.88. The largest absolute Gasteiger partial charge is 0.325 e. The number of aromatic nitrogens is 1. The van der Waals surface area contributed by atoms with Crippen molar-refractivity contribution < 1.29 is 0 Å². The third-order valence-corrected chi connectivity index (χ3v) is 3.44. The Balaban J connectivity index is 2.44. The number of nitrogens with two attached hydrogens (primary N) is 1. The summed E-state index contributed by atoms with van der Waals surface area (Å²) in [5, 5.41) is 3.00. The molecule has 0 saturated heterocycles. The maximum absolute atomic E-state index is 5.52.